The van der Waals surface area contributed by atoms with Gasteiger partial charge in [-0.05, 0) is 29.7 Å². The number of hydrogen-bond donors (Lipinski definition) is 0. The van der Waals surface area contributed by atoms with Crippen LogP contribution in [0.4, 0.5) is 0 Å². The Kier molecular flexibility index (Phi) is 6.49. The Labute approximate surface area is 154 Å². The van der Waals surface area contributed by atoms with Gasteiger partial charge in [-0.3, -0.25) is 9.69 Å². The van der Waals surface area contributed by atoms with E-state index < -0.39 is 0 Å². The van der Waals surface area contributed by atoms with E-state index in [0.29, 0.717) is 24.4 Å². The molecule has 0 aromatic carbocycles. The van der Waals surface area contributed by atoms with Crippen LogP contribution in [0.15, 0.2) is 17.5 Å². The zero-order chi connectivity index (χ0) is 17.7. The molecule has 0 bridgehead atoms. The smallest absolute Gasteiger partial charge is 0.224 e. The number of carbonyl (C=O) groups is 1. The molecule has 1 aromatic heterocycles. The molecule has 140 valence electrons. The zero-order valence-corrected chi connectivity index (χ0v) is 16.2. The number of thiophene rings is 1. The standard InChI is InChI=1S/C19H30N2O3S/c1-23-10-5-18(22)21-8-6-19(7-9-21)15-20(12-16(19)14-24-2)13-17-4-3-11-25-17/h3-4,11,16H,5-10,12-15H2,1-2H3/t16-/m1/s1. The lowest BCUT2D eigenvalue weighted by Gasteiger charge is -2.42. The molecular formula is C19H30N2O3S. The maximum Gasteiger partial charge on any atom is 0.224 e. The van der Waals surface area contributed by atoms with E-state index in [2.05, 4.69) is 22.4 Å². The minimum atomic E-state index is 0.230. The molecule has 1 amide bonds. The van der Waals surface area contributed by atoms with Crippen LogP contribution in [0.25, 0.3) is 0 Å². The third-order valence-electron chi connectivity index (χ3n) is 5.84. The summed E-state index contributed by atoms with van der Waals surface area (Å²) in [6.45, 7) is 6.34. The third kappa shape index (κ3) is 4.42. The molecular weight excluding hydrogens is 336 g/mol. The van der Waals surface area contributed by atoms with Crippen LogP contribution in [0, 0.1) is 11.3 Å². The van der Waals surface area contributed by atoms with Gasteiger partial charge in [0.2, 0.25) is 5.91 Å². The Balaban J connectivity index is 1.60. The number of amides is 1. The lowest BCUT2D eigenvalue weighted by atomic mass is 9.71. The molecule has 2 aliphatic heterocycles. The predicted octanol–water partition coefficient (Wildman–Crippen LogP) is 2.47. The van der Waals surface area contributed by atoms with Crippen molar-refractivity contribution in [3.05, 3.63) is 22.4 Å². The molecule has 1 spiro atoms. The normalized spacial score (nSPS) is 23.4. The highest BCUT2D eigenvalue weighted by Crippen LogP contribution is 2.45. The van der Waals surface area contributed by atoms with Crippen molar-refractivity contribution < 1.29 is 14.3 Å². The summed E-state index contributed by atoms with van der Waals surface area (Å²) in [5, 5.41) is 2.15. The molecule has 0 radical (unpaired) electrons. The first-order valence-corrected chi connectivity index (χ1v) is 10.1. The lowest BCUT2D eigenvalue weighted by molar-refractivity contribution is -0.135. The highest BCUT2D eigenvalue weighted by molar-refractivity contribution is 7.09. The average molecular weight is 367 g/mol. The minimum absolute atomic E-state index is 0.230. The number of nitrogens with zero attached hydrogens (tertiary/aromatic N) is 2. The molecule has 0 N–H and O–H groups in total. The van der Waals surface area contributed by atoms with Crippen molar-refractivity contribution in [2.24, 2.45) is 11.3 Å². The van der Waals surface area contributed by atoms with Crippen LogP contribution in [0.3, 0.4) is 0 Å². The van der Waals surface area contributed by atoms with Gasteiger partial charge in [0.25, 0.3) is 0 Å². The summed E-state index contributed by atoms with van der Waals surface area (Å²) in [6, 6.07) is 4.35. The van der Waals surface area contributed by atoms with Crippen molar-refractivity contribution in [1.29, 1.82) is 0 Å². The van der Waals surface area contributed by atoms with E-state index in [4.69, 9.17) is 9.47 Å². The Morgan fingerprint density at radius 2 is 2.12 bits per heavy atom. The van der Waals surface area contributed by atoms with Crippen LogP contribution >= 0.6 is 11.3 Å². The second-order valence-corrected chi connectivity index (χ2v) is 8.42. The van der Waals surface area contributed by atoms with Crippen LogP contribution in [-0.2, 0) is 20.8 Å². The largest absolute Gasteiger partial charge is 0.384 e. The molecule has 3 heterocycles. The van der Waals surface area contributed by atoms with Gasteiger partial charge in [0, 0.05) is 57.7 Å². The van der Waals surface area contributed by atoms with Crippen molar-refractivity contribution in [3.8, 4) is 0 Å². The van der Waals surface area contributed by atoms with Crippen molar-refractivity contribution in [3.63, 3.8) is 0 Å². The molecule has 25 heavy (non-hydrogen) atoms. The maximum atomic E-state index is 12.3. The van der Waals surface area contributed by atoms with Crippen molar-refractivity contribution in [2.45, 2.75) is 25.8 Å². The van der Waals surface area contributed by atoms with Crippen molar-refractivity contribution in [2.75, 3.05) is 53.6 Å². The van der Waals surface area contributed by atoms with Gasteiger partial charge in [-0.2, -0.15) is 0 Å². The van der Waals surface area contributed by atoms with Crippen LogP contribution in [-0.4, -0.2) is 69.3 Å². The molecule has 2 aliphatic rings. The molecule has 0 saturated carbocycles. The van der Waals surface area contributed by atoms with Gasteiger partial charge in [0.15, 0.2) is 0 Å². The van der Waals surface area contributed by atoms with Crippen molar-refractivity contribution in [1.82, 2.24) is 9.80 Å². The number of methoxy groups -OCH3 is 2. The van der Waals surface area contributed by atoms with Gasteiger partial charge in [0.05, 0.1) is 19.6 Å². The quantitative estimate of drug-likeness (QED) is 0.743. The van der Waals surface area contributed by atoms with Crippen LogP contribution < -0.4 is 0 Å². The highest BCUT2D eigenvalue weighted by atomic mass is 32.1. The number of carbonyl (C=O) groups excluding carboxylic acids is 1. The number of piperidine rings is 1. The Morgan fingerprint density at radius 1 is 1.32 bits per heavy atom. The fourth-order valence-electron chi connectivity index (χ4n) is 4.43. The topological polar surface area (TPSA) is 42.0 Å². The van der Waals surface area contributed by atoms with Gasteiger partial charge >= 0.3 is 0 Å². The van der Waals surface area contributed by atoms with E-state index >= 15 is 0 Å². The first kappa shape index (κ1) is 18.8. The number of rotatable bonds is 7. The summed E-state index contributed by atoms with van der Waals surface area (Å²) >= 11 is 1.83. The van der Waals surface area contributed by atoms with Crippen LogP contribution in [0.1, 0.15) is 24.1 Å². The second-order valence-electron chi connectivity index (χ2n) is 7.39. The Bertz CT molecular complexity index is 541. The van der Waals surface area contributed by atoms with Crippen LogP contribution in [0.5, 0.6) is 0 Å². The molecule has 2 saturated heterocycles. The zero-order valence-electron chi connectivity index (χ0n) is 15.4. The molecule has 5 nitrogen and oxygen atoms in total. The van der Waals surface area contributed by atoms with E-state index in [1.165, 1.54) is 4.88 Å². The molecule has 0 unspecified atom stereocenters. The summed E-state index contributed by atoms with van der Waals surface area (Å²) in [4.78, 5) is 18.3. The third-order valence-corrected chi connectivity index (χ3v) is 6.70. The molecule has 1 atom stereocenters. The fraction of sp³-hybridized carbons (Fsp3) is 0.737. The SMILES string of the molecule is COCCC(=O)N1CCC2(CC1)CN(Cc1cccs1)C[C@@H]2COC. The van der Waals surface area contributed by atoms with E-state index in [9.17, 15) is 4.79 Å². The summed E-state index contributed by atoms with van der Waals surface area (Å²) in [5.41, 5.74) is 0.297. The van der Waals surface area contributed by atoms with E-state index in [-0.39, 0.29) is 5.91 Å². The van der Waals surface area contributed by atoms with E-state index in [0.717, 1.165) is 52.2 Å². The highest BCUT2D eigenvalue weighted by Gasteiger charge is 2.48. The van der Waals surface area contributed by atoms with E-state index in [1.54, 1.807) is 14.2 Å². The second kappa shape index (κ2) is 8.62. The fourth-order valence-corrected chi connectivity index (χ4v) is 5.18. The first-order valence-electron chi connectivity index (χ1n) is 9.17. The minimum Gasteiger partial charge on any atom is -0.384 e. The summed E-state index contributed by atoms with van der Waals surface area (Å²) in [5.74, 6) is 0.794. The Morgan fingerprint density at radius 3 is 2.76 bits per heavy atom. The maximum absolute atomic E-state index is 12.3. The summed E-state index contributed by atoms with van der Waals surface area (Å²) in [7, 11) is 3.45. The van der Waals surface area contributed by atoms with Gasteiger partial charge in [-0.15, -0.1) is 11.3 Å². The first-order chi connectivity index (χ1) is 12.2. The summed E-state index contributed by atoms with van der Waals surface area (Å²) < 4.78 is 10.6. The molecule has 0 aliphatic carbocycles. The Hall–Kier alpha value is -0.950. The summed E-state index contributed by atoms with van der Waals surface area (Å²) in [6.07, 6.45) is 2.66. The van der Waals surface area contributed by atoms with E-state index in [1.807, 2.05) is 16.2 Å². The molecule has 6 heteroatoms. The van der Waals surface area contributed by atoms with Crippen LogP contribution in [0.2, 0.25) is 0 Å². The predicted molar refractivity (Wildman–Crippen MR) is 99.7 cm³/mol. The van der Waals surface area contributed by atoms with Gasteiger partial charge in [-0.25, -0.2) is 0 Å². The molecule has 3 rings (SSSR count). The molecule has 2 fully saturated rings. The number of hydrogen-bond acceptors (Lipinski definition) is 5. The van der Waals surface area contributed by atoms with Gasteiger partial charge in [0.1, 0.15) is 0 Å². The van der Waals surface area contributed by atoms with Crippen molar-refractivity contribution >= 4 is 17.2 Å². The lowest BCUT2D eigenvalue weighted by Crippen LogP contribution is -2.47. The number of likely N-dealkylation sites (tertiary alicyclic amines) is 2. The number of ether oxygens (including phenoxy) is 2. The molecule has 1 aromatic rings. The van der Waals surface area contributed by atoms with Gasteiger partial charge in [-0.1, -0.05) is 6.07 Å². The monoisotopic (exact) mass is 366 g/mol. The van der Waals surface area contributed by atoms with Gasteiger partial charge < -0.3 is 14.4 Å². The average Bonchev–Trinajstić information content (AvgIpc) is 3.23.